The van der Waals surface area contributed by atoms with Gasteiger partial charge >= 0.3 is 0 Å². The van der Waals surface area contributed by atoms with E-state index in [-0.39, 0.29) is 5.60 Å². The lowest BCUT2D eigenvalue weighted by Crippen LogP contribution is -2.37. The van der Waals surface area contributed by atoms with E-state index in [1.807, 2.05) is 12.1 Å². The van der Waals surface area contributed by atoms with Gasteiger partial charge in [0.05, 0.1) is 0 Å². The molecule has 18 heavy (non-hydrogen) atoms. The summed E-state index contributed by atoms with van der Waals surface area (Å²) in [5, 5.41) is 9.46. The molecule has 1 aromatic rings. The summed E-state index contributed by atoms with van der Waals surface area (Å²) in [4.78, 5) is 2.21. The Labute approximate surface area is 109 Å². The second kappa shape index (κ2) is 5.19. The Kier molecular flexibility index (Phi) is 3.81. The van der Waals surface area contributed by atoms with Gasteiger partial charge < -0.3 is 14.7 Å². The van der Waals surface area contributed by atoms with Crippen LogP contribution in [0.1, 0.15) is 31.7 Å². The van der Waals surface area contributed by atoms with Crippen molar-refractivity contribution in [2.75, 3.05) is 20.6 Å². The minimum absolute atomic E-state index is 0.0556. The third kappa shape index (κ3) is 3.16. The number of nitrogens with zero attached hydrogens (tertiary/aromatic N) is 1. The van der Waals surface area contributed by atoms with E-state index >= 15 is 0 Å². The lowest BCUT2D eigenvalue weighted by atomic mass is 9.88. The second-order valence-corrected chi connectivity index (χ2v) is 5.75. The van der Waals surface area contributed by atoms with E-state index in [1.165, 1.54) is 0 Å². The molecule has 0 aromatic heterocycles. The van der Waals surface area contributed by atoms with Crippen molar-refractivity contribution in [3.63, 3.8) is 0 Å². The summed E-state index contributed by atoms with van der Waals surface area (Å²) in [6, 6.07) is 5.40. The summed E-state index contributed by atoms with van der Waals surface area (Å²) < 4.78 is 6.13. The molecular weight excluding hydrogens is 226 g/mol. The molecule has 0 saturated heterocycles. The minimum Gasteiger partial charge on any atom is -0.508 e. The predicted molar refractivity (Wildman–Crippen MR) is 73.2 cm³/mol. The topological polar surface area (TPSA) is 32.7 Å². The highest BCUT2D eigenvalue weighted by Gasteiger charge is 2.31. The van der Waals surface area contributed by atoms with Crippen LogP contribution in [0.2, 0.25) is 0 Å². The summed E-state index contributed by atoms with van der Waals surface area (Å²) in [6.07, 6.45) is 4.24. The maximum atomic E-state index is 9.46. The first-order valence-electron chi connectivity index (χ1n) is 6.64. The van der Waals surface area contributed by atoms with E-state index in [0.29, 0.717) is 5.75 Å². The second-order valence-electron chi connectivity index (χ2n) is 5.75. The highest BCUT2D eigenvalue weighted by molar-refractivity contribution is 5.41. The monoisotopic (exact) mass is 249 g/mol. The van der Waals surface area contributed by atoms with Crippen LogP contribution in [0.3, 0.4) is 0 Å². The molecule has 100 valence electrons. The molecule has 0 amide bonds. The molecule has 0 saturated carbocycles. The van der Waals surface area contributed by atoms with Crippen LogP contribution in [0.4, 0.5) is 0 Å². The van der Waals surface area contributed by atoms with Gasteiger partial charge in [-0.15, -0.1) is 0 Å². The van der Waals surface area contributed by atoms with Gasteiger partial charge in [0.25, 0.3) is 0 Å². The summed E-state index contributed by atoms with van der Waals surface area (Å²) >= 11 is 0. The maximum absolute atomic E-state index is 9.46. The van der Waals surface area contributed by atoms with E-state index < -0.39 is 0 Å². The van der Waals surface area contributed by atoms with E-state index in [1.54, 1.807) is 6.07 Å². The fraction of sp³-hybridized carbons (Fsp3) is 0.600. The Balaban J connectivity index is 1.99. The molecule has 3 heteroatoms. The van der Waals surface area contributed by atoms with E-state index in [4.69, 9.17) is 4.74 Å². The third-order valence-electron chi connectivity index (χ3n) is 3.63. The number of fused-ring (bicyclic) bond motifs is 1. The zero-order valence-corrected chi connectivity index (χ0v) is 11.6. The third-order valence-corrected chi connectivity index (χ3v) is 3.63. The highest BCUT2D eigenvalue weighted by Crippen LogP contribution is 2.37. The minimum atomic E-state index is -0.0556. The summed E-state index contributed by atoms with van der Waals surface area (Å²) in [7, 11) is 4.20. The van der Waals surface area contributed by atoms with Crippen LogP contribution in [-0.2, 0) is 6.42 Å². The zero-order chi connectivity index (χ0) is 13.2. The van der Waals surface area contributed by atoms with Gasteiger partial charge in [-0.1, -0.05) is 0 Å². The highest BCUT2D eigenvalue weighted by atomic mass is 16.5. The molecule has 0 aliphatic carbocycles. The van der Waals surface area contributed by atoms with Gasteiger partial charge in [0.2, 0.25) is 0 Å². The first-order chi connectivity index (χ1) is 8.48. The standard InChI is InChI=1S/C15H23NO2/c1-15(8-4-10-16(2)3)9-7-12-11-13(17)5-6-14(12)18-15/h5-6,11,17H,4,7-10H2,1-3H3. The fourth-order valence-corrected chi connectivity index (χ4v) is 2.52. The average molecular weight is 249 g/mol. The maximum Gasteiger partial charge on any atom is 0.123 e. The fourth-order valence-electron chi connectivity index (χ4n) is 2.52. The number of rotatable bonds is 4. The van der Waals surface area contributed by atoms with Crippen molar-refractivity contribution in [1.82, 2.24) is 4.90 Å². The normalized spacial score (nSPS) is 22.7. The lowest BCUT2D eigenvalue weighted by molar-refractivity contribution is 0.0522. The van der Waals surface area contributed by atoms with Gasteiger partial charge in [0.15, 0.2) is 0 Å². The Morgan fingerprint density at radius 2 is 2.17 bits per heavy atom. The van der Waals surface area contributed by atoms with Gasteiger partial charge in [-0.2, -0.15) is 0 Å². The predicted octanol–water partition coefficient (Wildman–Crippen LogP) is 2.82. The smallest absolute Gasteiger partial charge is 0.123 e. The van der Waals surface area contributed by atoms with Crippen LogP contribution in [0.25, 0.3) is 0 Å². The molecule has 3 nitrogen and oxygen atoms in total. The van der Waals surface area contributed by atoms with Crippen molar-refractivity contribution in [2.24, 2.45) is 0 Å². The number of aromatic hydroxyl groups is 1. The van der Waals surface area contributed by atoms with Crippen LogP contribution in [0.5, 0.6) is 11.5 Å². The van der Waals surface area contributed by atoms with Crippen LogP contribution in [0, 0.1) is 0 Å². The number of benzene rings is 1. The first kappa shape index (κ1) is 13.2. The van der Waals surface area contributed by atoms with Gasteiger partial charge in [-0.05, 0) is 77.0 Å². The van der Waals surface area contributed by atoms with Crippen LogP contribution >= 0.6 is 0 Å². The summed E-state index contributed by atoms with van der Waals surface area (Å²) in [5.41, 5.74) is 1.07. The van der Waals surface area contributed by atoms with Crippen molar-refractivity contribution >= 4 is 0 Å². The van der Waals surface area contributed by atoms with Crippen molar-refractivity contribution in [1.29, 1.82) is 0 Å². The average Bonchev–Trinajstić information content (AvgIpc) is 2.29. The summed E-state index contributed by atoms with van der Waals surface area (Å²) in [6.45, 7) is 3.29. The molecule has 0 radical (unpaired) electrons. The Morgan fingerprint density at radius 3 is 2.89 bits per heavy atom. The quantitative estimate of drug-likeness (QED) is 0.890. The Morgan fingerprint density at radius 1 is 1.39 bits per heavy atom. The number of ether oxygens (including phenoxy) is 1. The largest absolute Gasteiger partial charge is 0.508 e. The molecule has 1 aliphatic heterocycles. The van der Waals surface area contributed by atoms with Crippen molar-refractivity contribution in [3.05, 3.63) is 23.8 Å². The Hall–Kier alpha value is -1.22. The molecule has 1 heterocycles. The Bertz CT molecular complexity index is 417. The molecular formula is C15H23NO2. The van der Waals surface area contributed by atoms with Crippen LogP contribution < -0.4 is 4.74 Å². The number of phenols is 1. The van der Waals surface area contributed by atoms with Crippen molar-refractivity contribution < 1.29 is 9.84 Å². The van der Waals surface area contributed by atoms with Gasteiger partial charge in [0, 0.05) is 0 Å². The van der Waals surface area contributed by atoms with Crippen molar-refractivity contribution in [3.8, 4) is 11.5 Å². The SMILES string of the molecule is CN(C)CCCC1(C)CCc2cc(O)ccc2O1. The molecule has 0 fully saturated rings. The summed E-state index contributed by atoms with van der Waals surface area (Å²) in [5.74, 6) is 1.26. The van der Waals surface area contributed by atoms with Crippen LogP contribution in [-0.4, -0.2) is 36.2 Å². The van der Waals surface area contributed by atoms with E-state index in [0.717, 1.165) is 43.5 Å². The van der Waals surface area contributed by atoms with E-state index in [9.17, 15) is 5.11 Å². The zero-order valence-electron chi connectivity index (χ0n) is 11.6. The number of hydrogen-bond acceptors (Lipinski definition) is 3. The molecule has 2 rings (SSSR count). The van der Waals surface area contributed by atoms with Gasteiger partial charge in [-0.25, -0.2) is 0 Å². The van der Waals surface area contributed by atoms with Crippen molar-refractivity contribution in [2.45, 2.75) is 38.2 Å². The molecule has 0 spiro atoms. The first-order valence-corrected chi connectivity index (χ1v) is 6.64. The number of aryl methyl sites for hydroxylation is 1. The molecule has 1 N–H and O–H groups in total. The molecule has 0 bridgehead atoms. The van der Waals surface area contributed by atoms with E-state index in [2.05, 4.69) is 25.9 Å². The number of phenolic OH excluding ortho intramolecular Hbond substituents is 1. The molecule has 1 unspecified atom stereocenters. The lowest BCUT2D eigenvalue weighted by Gasteiger charge is -2.36. The van der Waals surface area contributed by atoms with Gasteiger partial charge in [-0.3, -0.25) is 0 Å². The molecule has 1 atom stereocenters. The van der Waals surface area contributed by atoms with Gasteiger partial charge in [0.1, 0.15) is 17.1 Å². The molecule has 1 aromatic carbocycles. The number of hydrogen-bond donors (Lipinski definition) is 1. The molecule has 1 aliphatic rings. The van der Waals surface area contributed by atoms with Crippen LogP contribution in [0.15, 0.2) is 18.2 Å².